The highest BCUT2D eigenvalue weighted by Crippen LogP contribution is 2.72. The summed E-state index contributed by atoms with van der Waals surface area (Å²) in [6, 6.07) is 23.5. The number of aliphatic carboxylic acids is 1. The predicted octanol–water partition coefficient (Wildman–Crippen LogP) is 6.10. The van der Waals surface area contributed by atoms with Gasteiger partial charge < -0.3 is 14.7 Å². The van der Waals surface area contributed by atoms with Gasteiger partial charge in [-0.05, 0) is 84.2 Å². The van der Waals surface area contributed by atoms with Gasteiger partial charge in [0.1, 0.15) is 12.4 Å². The summed E-state index contributed by atoms with van der Waals surface area (Å²) in [6.45, 7) is 3.56. The zero-order valence-corrected chi connectivity index (χ0v) is 19.0. The van der Waals surface area contributed by atoms with Crippen molar-refractivity contribution < 1.29 is 14.6 Å². The van der Waals surface area contributed by atoms with Gasteiger partial charge in [0.05, 0.1) is 5.41 Å². The molecule has 1 saturated carbocycles. The molecule has 1 heterocycles. The Bertz CT molecular complexity index is 1220. The highest BCUT2D eigenvalue weighted by atomic mass is 16.5. The first-order valence-corrected chi connectivity index (χ1v) is 12.0. The van der Waals surface area contributed by atoms with Gasteiger partial charge in [-0.2, -0.15) is 0 Å². The maximum absolute atomic E-state index is 11.9. The number of carbonyl (C=O) groups is 1. The van der Waals surface area contributed by atoms with Gasteiger partial charge in [0.15, 0.2) is 0 Å². The maximum atomic E-state index is 11.9. The number of para-hydroxylation sites is 1. The predicted molar refractivity (Wildman–Crippen MR) is 129 cm³/mol. The van der Waals surface area contributed by atoms with Gasteiger partial charge in [0.25, 0.3) is 0 Å². The van der Waals surface area contributed by atoms with E-state index in [1.54, 1.807) is 0 Å². The van der Waals surface area contributed by atoms with E-state index in [0.717, 1.165) is 37.1 Å². The standard InChI is InChI=1S/C29H29NO3/c1-2-29(28(31)32)25-17-21-16-23(12-13-24(21)27(25)29)33-18-19-10-11-20-7-6-14-30(26(20)15-19)22-8-4-3-5-9-22/h3-5,8-13,15-16,25,27H,2,6-7,14,17-18H2,1H3,(H,31,32)/t25-,27-,29+/m1/s1. The lowest BCUT2D eigenvalue weighted by Crippen LogP contribution is -2.24. The van der Waals surface area contributed by atoms with Gasteiger partial charge in [-0.3, -0.25) is 4.79 Å². The molecule has 1 fully saturated rings. The fourth-order valence-electron chi connectivity index (χ4n) is 6.38. The second-order valence-electron chi connectivity index (χ2n) is 9.69. The third kappa shape index (κ3) is 3.15. The van der Waals surface area contributed by atoms with E-state index in [4.69, 9.17) is 4.74 Å². The van der Waals surface area contributed by atoms with Crippen molar-refractivity contribution in [1.29, 1.82) is 0 Å². The second kappa shape index (κ2) is 7.65. The van der Waals surface area contributed by atoms with Crippen molar-refractivity contribution in [3.63, 3.8) is 0 Å². The first-order chi connectivity index (χ1) is 16.1. The normalized spacial score (nSPS) is 24.6. The van der Waals surface area contributed by atoms with Crippen molar-refractivity contribution in [3.8, 4) is 5.75 Å². The zero-order chi connectivity index (χ0) is 22.6. The molecular formula is C29H29NO3. The van der Waals surface area contributed by atoms with Crippen LogP contribution < -0.4 is 9.64 Å². The number of rotatable bonds is 6. The number of ether oxygens (including phenoxy) is 1. The summed E-state index contributed by atoms with van der Waals surface area (Å²) in [7, 11) is 0. The number of anilines is 2. The average Bonchev–Trinajstić information content (AvgIpc) is 3.34. The number of carboxylic acid groups (broad SMARTS) is 1. The Morgan fingerprint density at radius 3 is 2.73 bits per heavy atom. The Balaban J connectivity index is 1.19. The van der Waals surface area contributed by atoms with Crippen molar-refractivity contribution >= 4 is 17.3 Å². The van der Waals surface area contributed by atoms with Crippen LogP contribution in [0.5, 0.6) is 5.75 Å². The van der Waals surface area contributed by atoms with Crippen LogP contribution in [0.2, 0.25) is 0 Å². The average molecular weight is 440 g/mol. The number of hydrogen-bond donors (Lipinski definition) is 1. The number of aryl methyl sites for hydroxylation is 1. The molecule has 0 amide bonds. The SMILES string of the molecule is CC[C@]1(C(=O)O)[C@@H]2Cc3cc(OCc4ccc5c(c4)N(c4ccccc4)CCC5)ccc3[C@H]21. The van der Waals surface area contributed by atoms with Gasteiger partial charge in [-0.25, -0.2) is 0 Å². The van der Waals surface area contributed by atoms with E-state index in [1.807, 2.05) is 13.0 Å². The van der Waals surface area contributed by atoms with Crippen molar-refractivity contribution in [2.75, 3.05) is 11.4 Å². The Kier molecular flexibility index (Phi) is 4.72. The largest absolute Gasteiger partial charge is 0.489 e. The number of fused-ring (bicyclic) bond motifs is 4. The monoisotopic (exact) mass is 439 g/mol. The van der Waals surface area contributed by atoms with Crippen LogP contribution in [0.3, 0.4) is 0 Å². The van der Waals surface area contributed by atoms with E-state index in [-0.39, 0.29) is 11.8 Å². The molecule has 3 aromatic carbocycles. The van der Waals surface area contributed by atoms with Crippen LogP contribution in [0, 0.1) is 11.3 Å². The summed E-state index contributed by atoms with van der Waals surface area (Å²) < 4.78 is 6.19. The van der Waals surface area contributed by atoms with Crippen molar-refractivity contribution in [2.45, 2.75) is 45.1 Å². The zero-order valence-electron chi connectivity index (χ0n) is 19.0. The topological polar surface area (TPSA) is 49.8 Å². The van der Waals surface area contributed by atoms with Crippen LogP contribution in [0.15, 0.2) is 66.7 Å². The van der Waals surface area contributed by atoms with E-state index < -0.39 is 11.4 Å². The van der Waals surface area contributed by atoms with E-state index in [2.05, 4.69) is 65.6 Å². The molecule has 0 saturated heterocycles. The van der Waals surface area contributed by atoms with Crippen LogP contribution in [-0.4, -0.2) is 17.6 Å². The molecule has 0 aromatic heterocycles. The maximum Gasteiger partial charge on any atom is 0.310 e. The molecule has 6 rings (SSSR count). The van der Waals surface area contributed by atoms with Crippen LogP contribution >= 0.6 is 0 Å². The summed E-state index contributed by atoms with van der Waals surface area (Å²) >= 11 is 0. The molecule has 0 bridgehead atoms. The second-order valence-corrected chi connectivity index (χ2v) is 9.69. The van der Waals surface area contributed by atoms with Crippen LogP contribution in [0.4, 0.5) is 11.4 Å². The molecule has 1 N–H and O–H groups in total. The molecule has 3 aliphatic rings. The van der Waals surface area contributed by atoms with E-state index in [1.165, 1.54) is 28.1 Å². The summed E-state index contributed by atoms with van der Waals surface area (Å²) in [5.74, 6) is 0.650. The minimum atomic E-state index is -0.636. The molecule has 2 aliphatic carbocycles. The van der Waals surface area contributed by atoms with Crippen molar-refractivity contribution in [1.82, 2.24) is 0 Å². The minimum Gasteiger partial charge on any atom is -0.489 e. The first-order valence-electron chi connectivity index (χ1n) is 12.0. The molecule has 0 radical (unpaired) electrons. The van der Waals surface area contributed by atoms with E-state index >= 15 is 0 Å². The van der Waals surface area contributed by atoms with Crippen LogP contribution in [0.25, 0.3) is 0 Å². The molecule has 0 unspecified atom stereocenters. The lowest BCUT2D eigenvalue weighted by Gasteiger charge is -2.32. The number of benzene rings is 3. The fourth-order valence-corrected chi connectivity index (χ4v) is 6.38. The van der Waals surface area contributed by atoms with Gasteiger partial charge in [-0.1, -0.05) is 43.3 Å². The van der Waals surface area contributed by atoms with Crippen molar-refractivity contribution in [2.24, 2.45) is 11.3 Å². The molecule has 33 heavy (non-hydrogen) atoms. The molecule has 3 atom stereocenters. The molecule has 1 aliphatic heterocycles. The van der Waals surface area contributed by atoms with Gasteiger partial charge >= 0.3 is 5.97 Å². The number of hydrogen-bond acceptors (Lipinski definition) is 3. The summed E-state index contributed by atoms with van der Waals surface area (Å²) in [5, 5.41) is 9.75. The Morgan fingerprint density at radius 1 is 1.09 bits per heavy atom. The third-order valence-corrected chi connectivity index (χ3v) is 8.12. The quantitative estimate of drug-likeness (QED) is 0.504. The Labute approximate surface area is 194 Å². The van der Waals surface area contributed by atoms with Crippen LogP contribution in [-0.2, 0) is 24.2 Å². The Morgan fingerprint density at radius 2 is 1.94 bits per heavy atom. The van der Waals surface area contributed by atoms with Gasteiger partial charge in [0.2, 0.25) is 0 Å². The summed E-state index contributed by atoms with van der Waals surface area (Å²) in [6.07, 6.45) is 3.83. The fraction of sp³-hybridized carbons (Fsp3) is 0.345. The summed E-state index contributed by atoms with van der Waals surface area (Å²) in [4.78, 5) is 14.3. The highest BCUT2D eigenvalue weighted by molar-refractivity contribution is 5.83. The molecule has 3 aromatic rings. The molecule has 168 valence electrons. The molecule has 4 nitrogen and oxygen atoms in total. The van der Waals surface area contributed by atoms with Gasteiger partial charge in [0, 0.05) is 23.8 Å². The summed E-state index contributed by atoms with van der Waals surface area (Å²) in [5.41, 5.74) is 7.00. The third-order valence-electron chi connectivity index (χ3n) is 8.12. The Hall–Kier alpha value is -3.27. The minimum absolute atomic E-state index is 0.175. The van der Waals surface area contributed by atoms with E-state index in [0.29, 0.717) is 13.0 Å². The first kappa shape index (κ1) is 20.3. The molecule has 4 heteroatoms. The number of carboxylic acids is 1. The van der Waals surface area contributed by atoms with E-state index in [9.17, 15) is 9.90 Å². The molecular weight excluding hydrogens is 410 g/mol. The number of nitrogens with zero attached hydrogens (tertiary/aromatic N) is 1. The lowest BCUT2D eigenvalue weighted by atomic mass is 9.89. The van der Waals surface area contributed by atoms with Crippen molar-refractivity contribution in [3.05, 3.63) is 89.0 Å². The smallest absolute Gasteiger partial charge is 0.310 e. The van der Waals surface area contributed by atoms with Crippen LogP contribution in [0.1, 0.15) is 47.9 Å². The highest BCUT2D eigenvalue weighted by Gasteiger charge is 2.71. The lowest BCUT2D eigenvalue weighted by molar-refractivity contribution is -0.144. The molecule has 0 spiro atoms. The van der Waals surface area contributed by atoms with Gasteiger partial charge in [-0.15, -0.1) is 0 Å².